The molecule has 0 fully saturated rings. The van der Waals surface area contributed by atoms with Gasteiger partial charge in [-0.25, -0.2) is 19.9 Å². The van der Waals surface area contributed by atoms with Crippen molar-refractivity contribution in [2.24, 2.45) is 11.5 Å². The fourth-order valence-corrected chi connectivity index (χ4v) is 9.78. The fourth-order valence-electron chi connectivity index (χ4n) is 9.78. The Morgan fingerprint density at radius 1 is 0.355 bits per heavy atom. The summed E-state index contributed by atoms with van der Waals surface area (Å²) in [6.07, 6.45) is 6.81. The van der Waals surface area contributed by atoms with E-state index < -0.39 is 5.54 Å². The lowest BCUT2D eigenvalue weighted by atomic mass is 9.82. The van der Waals surface area contributed by atoms with Crippen LogP contribution >= 0.6 is 0 Å². The van der Waals surface area contributed by atoms with Gasteiger partial charge in [-0.3, -0.25) is 9.97 Å². The molecule has 1 unspecified atom stereocenters. The molecule has 362 valence electrons. The van der Waals surface area contributed by atoms with Crippen molar-refractivity contribution < 1.29 is 0 Å². The van der Waals surface area contributed by atoms with Crippen molar-refractivity contribution in [2.45, 2.75) is 5.54 Å². The van der Waals surface area contributed by atoms with Gasteiger partial charge in [0.05, 0.1) is 28.0 Å². The molecular formula is C62H44N14. The Bertz CT molecular complexity index is 4190. The van der Waals surface area contributed by atoms with Crippen molar-refractivity contribution >= 4 is 21.8 Å². The van der Waals surface area contributed by atoms with Crippen LogP contribution in [0.1, 0.15) is 11.1 Å². The van der Waals surface area contributed by atoms with Gasteiger partial charge in [-0.2, -0.15) is 0 Å². The number of pyridine rings is 4. The van der Waals surface area contributed by atoms with Crippen molar-refractivity contribution in [1.29, 1.82) is 0 Å². The van der Waals surface area contributed by atoms with Crippen molar-refractivity contribution in [3.8, 4) is 102 Å². The molecule has 0 saturated carbocycles. The van der Waals surface area contributed by atoms with Gasteiger partial charge in [-0.1, -0.05) is 164 Å². The summed E-state index contributed by atoms with van der Waals surface area (Å²) in [6.45, 7) is 0.159. The Balaban J connectivity index is 0.818. The summed E-state index contributed by atoms with van der Waals surface area (Å²) in [6, 6.07) is 65.3. The minimum absolute atomic E-state index is 0.159. The Labute approximate surface area is 435 Å². The molecule has 0 aliphatic heterocycles. The first kappa shape index (κ1) is 45.6. The number of hydrogen-bond acceptors (Lipinski definition) is 12. The van der Waals surface area contributed by atoms with Gasteiger partial charge in [0.2, 0.25) is 0 Å². The smallest absolute Gasteiger partial charge is 0.199 e. The molecule has 0 saturated heterocycles. The monoisotopic (exact) mass is 984 g/mol. The summed E-state index contributed by atoms with van der Waals surface area (Å²) in [5, 5.41) is 19.5. The highest BCUT2D eigenvalue weighted by molar-refractivity contribution is 5.99. The molecule has 0 spiro atoms. The average Bonchev–Trinajstić information content (AvgIpc) is 4.22. The summed E-state index contributed by atoms with van der Waals surface area (Å²) in [5.74, 6) is 2.57. The minimum atomic E-state index is -1.02. The predicted molar refractivity (Wildman–Crippen MR) is 297 cm³/mol. The molecule has 13 aromatic rings. The molecule has 6 aromatic carbocycles. The molecule has 7 aromatic heterocycles. The van der Waals surface area contributed by atoms with Crippen molar-refractivity contribution in [2.75, 3.05) is 6.54 Å². The first-order chi connectivity index (χ1) is 37.5. The lowest BCUT2D eigenvalue weighted by molar-refractivity contribution is 0.552. The van der Waals surface area contributed by atoms with E-state index in [4.69, 9.17) is 31.4 Å². The molecule has 0 aliphatic carbocycles. The molecule has 6 N–H and O–H groups in total. The van der Waals surface area contributed by atoms with Crippen LogP contribution in [0.25, 0.3) is 124 Å². The standard InChI is InChI=1S/C62H44N14/c63-37-62(64,46-27-23-43(24-28-46)54-48(41-15-8-3-9-16-41)36-50-52(70-54)30-34-66-56(50)59-72-61(76-75-59)60-67-31-10-32-68-60)45-25-21-42(22-26-45)53-47(40-13-6-2-7-14-40)35-49-51(69-53)29-33-65-55(49)58-71-57(73-74-58)44-19-17-39(18-20-44)38-11-4-1-5-12-38/h1-36H,37,63-64H2,(H,71,73,74)(H,72,75,76). The topological polar surface area (TPSA) is 213 Å². The molecular weight excluding hydrogens is 941 g/mol. The second-order valence-corrected chi connectivity index (χ2v) is 18.3. The summed E-state index contributed by atoms with van der Waals surface area (Å²) < 4.78 is 0. The quantitative estimate of drug-likeness (QED) is 0.0900. The van der Waals surface area contributed by atoms with Crippen molar-refractivity contribution in [1.82, 2.24) is 60.3 Å². The fraction of sp³-hybridized carbons (Fsp3) is 0.0323. The number of nitrogens with one attached hydrogen (secondary N) is 2. The zero-order chi connectivity index (χ0) is 51.0. The van der Waals surface area contributed by atoms with Crippen molar-refractivity contribution in [3.05, 3.63) is 230 Å². The number of rotatable bonds is 12. The molecule has 7 heterocycles. The third-order valence-electron chi connectivity index (χ3n) is 13.8. The summed E-state index contributed by atoms with van der Waals surface area (Å²) in [4.78, 5) is 35.5. The normalized spacial score (nSPS) is 12.2. The van der Waals surface area contributed by atoms with E-state index in [2.05, 4.69) is 137 Å². The van der Waals surface area contributed by atoms with Gasteiger partial charge in [0.25, 0.3) is 0 Å². The second-order valence-electron chi connectivity index (χ2n) is 18.3. The number of nitrogens with zero attached hydrogens (tertiary/aromatic N) is 10. The van der Waals surface area contributed by atoms with E-state index in [1.807, 2.05) is 91.0 Å². The van der Waals surface area contributed by atoms with Crippen LogP contribution in [0.4, 0.5) is 0 Å². The Hall–Kier alpha value is -10.3. The highest BCUT2D eigenvalue weighted by Gasteiger charge is 2.29. The lowest BCUT2D eigenvalue weighted by Crippen LogP contribution is -2.45. The van der Waals surface area contributed by atoms with E-state index >= 15 is 0 Å². The largest absolute Gasteiger partial charge is 0.328 e. The van der Waals surface area contributed by atoms with Crippen LogP contribution in [0.3, 0.4) is 0 Å². The highest BCUT2D eigenvalue weighted by Crippen LogP contribution is 2.40. The van der Waals surface area contributed by atoms with Crippen LogP contribution in [0.2, 0.25) is 0 Å². The van der Waals surface area contributed by atoms with E-state index in [1.165, 1.54) is 0 Å². The van der Waals surface area contributed by atoms with Crippen LogP contribution in [0.5, 0.6) is 0 Å². The lowest BCUT2D eigenvalue weighted by Gasteiger charge is -2.30. The molecule has 13 rings (SSSR count). The van der Waals surface area contributed by atoms with E-state index in [-0.39, 0.29) is 6.54 Å². The van der Waals surface area contributed by atoms with Crippen LogP contribution < -0.4 is 11.5 Å². The zero-order valence-corrected chi connectivity index (χ0v) is 40.6. The molecule has 76 heavy (non-hydrogen) atoms. The Morgan fingerprint density at radius 2 is 0.763 bits per heavy atom. The SMILES string of the molecule is NCC(N)(c1ccc(-c2nc3ccnc(-c4nnc(-c5ccc(-c6ccccc6)cc5)[nH]4)c3cc2-c2ccccc2)cc1)c1ccc(-c2nc3ccnc(-c4nnc(-c5ncccn5)[nH]4)c3cc2-c2ccccc2)cc1. The zero-order valence-electron chi connectivity index (χ0n) is 40.6. The van der Waals surface area contributed by atoms with E-state index in [0.717, 1.165) is 94.4 Å². The maximum atomic E-state index is 7.35. The van der Waals surface area contributed by atoms with Gasteiger partial charge in [0.15, 0.2) is 29.1 Å². The van der Waals surface area contributed by atoms with Gasteiger partial charge < -0.3 is 21.4 Å². The molecule has 0 radical (unpaired) electrons. The number of H-pyrrole nitrogens is 2. The number of hydrogen-bond donors (Lipinski definition) is 4. The van der Waals surface area contributed by atoms with Crippen LogP contribution in [-0.2, 0) is 5.54 Å². The third-order valence-corrected chi connectivity index (χ3v) is 13.8. The van der Waals surface area contributed by atoms with E-state index in [1.54, 1.807) is 30.9 Å². The number of benzene rings is 6. The Morgan fingerprint density at radius 3 is 1.25 bits per heavy atom. The molecule has 0 bridgehead atoms. The number of nitrogens with two attached hydrogens (primary N) is 2. The van der Waals surface area contributed by atoms with Crippen LogP contribution in [-0.4, -0.2) is 66.8 Å². The summed E-state index contributed by atoms with van der Waals surface area (Å²) >= 11 is 0. The number of aromatic amines is 2. The molecule has 14 heteroatoms. The molecule has 1 atom stereocenters. The summed E-state index contributed by atoms with van der Waals surface area (Å²) in [5.41, 5.74) is 28.0. The molecule has 0 aliphatic rings. The maximum Gasteiger partial charge on any atom is 0.199 e. The molecule has 0 amide bonds. The van der Waals surface area contributed by atoms with Crippen LogP contribution in [0, 0.1) is 0 Å². The van der Waals surface area contributed by atoms with Gasteiger partial charge >= 0.3 is 0 Å². The average molecular weight is 985 g/mol. The Kier molecular flexibility index (Phi) is 11.6. The first-order valence-electron chi connectivity index (χ1n) is 24.7. The van der Waals surface area contributed by atoms with Gasteiger partial charge in [0.1, 0.15) is 11.4 Å². The third kappa shape index (κ3) is 8.40. The maximum absolute atomic E-state index is 7.35. The van der Waals surface area contributed by atoms with Gasteiger partial charge in [-0.05, 0) is 63.7 Å². The highest BCUT2D eigenvalue weighted by atomic mass is 15.2. The van der Waals surface area contributed by atoms with E-state index in [9.17, 15) is 0 Å². The predicted octanol–water partition coefficient (Wildman–Crippen LogP) is 11.8. The van der Waals surface area contributed by atoms with E-state index in [0.29, 0.717) is 40.5 Å². The van der Waals surface area contributed by atoms with Gasteiger partial charge in [-0.15, -0.1) is 20.4 Å². The van der Waals surface area contributed by atoms with Crippen molar-refractivity contribution in [3.63, 3.8) is 0 Å². The number of fused-ring (bicyclic) bond motifs is 2. The number of aromatic nitrogens is 12. The van der Waals surface area contributed by atoms with Crippen LogP contribution in [0.15, 0.2) is 219 Å². The second kappa shape index (κ2) is 19.3. The van der Waals surface area contributed by atoms with Gasteiger partial charge in [0, 0.05) is 69.9 Å². The summed E-state index contributed by atoms with van der Waals surface area (Å²) in [7, 11) is 0. The minimum Gasteiger partial charge on any atom is -0.328 e. The first-order valence-corrected chi connectivity index (χ1v) is 24.7. The molecule has 14 nitrogen and oxygen atoms in total.